The summed E-state index contributed by atoms with van der Waals surface area (Å²) in [5, 5.41) is 5.79. The topological polar surface area (TPSA) is 24.5 Å². The van der Waals surface area contributed by atoms with Crippen molar-refractivity contribution in [2.24, 2.45) is 0 Å². The molecule has 1 N–H and O–H groups in total. The molecule has 0 bridgehead atoms. The second-order valence-electron chi connectivity index (χ2n) is 5.40. The van der Waals surface area contributed by atoms with Crippen LogP contribution >= 0.6 is 11.3 Å². The van der Waals surface area contributed by atoms with Crippen LogP contribution < -0.4 is 5.32 Å². The fraction of sp³-hybridized carbons (Fsp3) is 0.714. The standard InChI is InChI=1S/C14H22N2OS/c1-11(8-13-10-17-6-4-15-13)16-5-2-14-12(9-16)3-7-18-14/h3,7,11,13,15H,2,4-6,8-10H2,1H3. The number of morpholine rings is 1. The Morgan fingerprint density at radius 3 is 3.39 bits per heavy atom. The van der Waals surface area contributed by atoms with Crippen LogP contribution in [0.2, 0.25) is 0 Å². The van der Waals surface area contributed by atoms with Gasteiger partial charge in [-0.1, -0.05) is 0 Å². The molecule has 2 unspecified atom stereocenters. The number of hydrogen-bond acceptors (Lipinski definition) is 4. The number of fused-ring (bicyclic) bond motifs is 1. The molecule has 0 aliphatic carbocycles. The van der Waals surface area contributed by atoms with Crippen LogP contribution in [0, 0.1) is 0 Å². The van der Waals surface area contributed by atoms with Gasteiger partial charge in [-0.05, 0) is 36.8 Å². The lowest BCUT2D eigenvalue weighted by molar-refractivity contribution is 0.0602. The number of ether oxygens (including phenoxy) is 1. The van der Waals surface area contributed by atoms with Gasteiger partial charge in [0.2, 0.25) is 0 Å². The molecule has 2 aliphatic heterocycles. The summed E-state index contributed by atoms with van der Waals surface area (Å²) >= 11 is 1.92. The van der Waals surface area contributed by atoms with Crippen molar-refractivity contribution in [2.45, 2.75) is 38.4 Å². The molecule has 1 aromatic rings. The highest BCUT2D eigenvalue weighted by molar-refractivity contribution is 7.10. The molecule has 0 spiro atoms. The Morgan fingerprint density at radius 2 is 2.56 bits per heavy atom. The Labute approximate surface area is 113 Å². The average molecular weight is 266 g/mol. The van der Waals surface area contributed by atoms with Gasteiger partial charge in [0.25, 0.3) is 0 Å². The van der Waals surface area contributed by atoms with E-state index in [0.29, 0.717) is 12.1 Å². The molecule has 2 aliphatic rings. The fourth-order valence-corrected chi connectivity index (χ4v) is 3.87. The summed E-state index contributed by atoms with van der Waals surface area (Å²) < 4.78 is 5.53. The fourth-order valence-electron chi connectivity index (χ4n) is 2.98. The van der Waals surface area contributed by atoms with E-state index >= 15 is 0 Å². The second kappa shape index (κ2) is 5.70. The van der Waals surface area contributed by atoms with Crippen molar-refractivity contribution >= 4 is 11.3 Å². The molecule has 3 heterocycles. The molecular formula is C14H22N2OS. The largest absolute Gasteiger partial charge is 0.379 e. The molecule has 0 radical (unpaired) electrons. The van der Waals surface area contributed by atoms with E-state index in [9.17, 15) is 0 Å². The third-order valence-corrected chi connectivity index (χ3v) is 5.11. The Morgan fingerprint density at radius 1 is 1.61 bits per heavy atom. The first-order valence-electron chi connectivity index (χ1n) is 6.93. The van der Waals surface area contributed by atoms with Crippen LogP contribution in [-0.2, 0) is 17.7 Å². The number of rotatable bonds is 3. The normalized spacial score (nSPS) is 26.8. The summed E-state index contributed by atoms with van der Waals surface area (Å²) in [6.45, 7) is 7.45. The van der Waals surface area contributed by atoms with E-state index in [1.165, 1.54) is 19.4 Å². The van der Waals surface area contributed by atoms with Crippen LogP contribution in [0.25, 0.3) is 0 Å². The highest BCUT2D eigenvalue weighted by atomic mass is 32.1. The van der Waals surface area contributed by atoms with Crippen molar-refractivity contribution in [1.29, 1.82) is 0 Å². The zero-order chi connectivity index (χ0) is 12.4. The van der Waals surface area contributed by atoms with Crippen molar-refractivity contribution in [1.82, 2.24) is 10.2 Å². The van der Waals surface area contributed by atoms with Gasteiger partial charge < -0.3 is 10.1 Å². The summed E-state index contributed by atoms with van der Waals surface area (Å²) in [7, 11) is 0. The third kappa shape index (κ3) is 2.77. The van der Waals surface area contributed by atoms with Crippen LogP contribution in [0.5, 0.6) is 0 Å². The van der Waals surface area contributed by atoms with Crippen LogP contribution in [0.1, 0.15) is 23.8 Å². The average Bonchev–Trinajstić information content (AvgIpc) is 2.87. The van der Waals surface area contributed by atoms with Crippen LogP contribution in [0.4, 0.5) is 0 Å². The molecule has 1 fully saturated rings. The van der Waals surface area contributed by atoms with E-state index < -0.39 is 0 Å². The second-order valence-corrected chi connectivity index (χ2v) is 6.40. The smallest absolute Gasteiger partial charge is 0.0620 e. The monoisotopic (exact) mass is 266 g/mol. The van der Waals surface area contributed by atoms with Gasteiger partial charge in [0, 0.05) is 36.6 Å². The van der Waals surface area contributed by atoms with Crippen LogP contribution in [0.15, 0.2) is 11.4 Å². The predicted molar refractivity (Wildman–Crippen MR) is 75.1 cm³/mol. The number of nitrogens with one attached hydrogen (secondary N) is 1. The molecule has 0 aromatic carbocycles. The Bertz CT molecular complexity index is 387. The molecule has 1 aromatic heterocycles. The molecule has 4 heteroatoms. The van der Waals surface area contributed by atoms with Gasteiger partial charge in [-0.15, -0.1) is 11.3 Å². The lowest BCUT2D eigenvalue weighted by Crippen LogP contribution is -2.46. The third-order valence-electron chi connectivity index (χ3n) is 4.08. The molecule has 2 atom stereocenters. The first kappa shape index (κ1) is 12.6. The highest BCUT2D eigenvalue weighted by Crippen LogP contribution is 2.26. The minimum Gasteiger partial charge on any atom is -0.379 e. The zero-order valence-corrected chi connectivity index (χ0v) is 11.8. The van der Waals surface area contributed by atoms with Crippen molar-refractivity contribution in [3.63, 3.8) is 0 Å². The predicted octanol–water partition coefficient (Wildman–Crippen LogP) is 1.87. The SMILES string of the molecule is CC(CC1COCCN1)N1CCc2sccc2C1. The van der Waals surface area contributed by atoms with Gasteiger partial charge in [0.1, 0.15) is 0 Å². The van der Waals surface area contributed by atoms with Gasteiger partial charge in [0.05, 0.1) is 13.2 Å². The minimum atomic E-state index is 0.539. The number of thiophene rings is 1. The van der Waals surface area contributed by atoms with E-state index in [0.717, 1.165) is 26.3 Å². The lowest BCUT2D eigenvalue weighted by Gasteiger charge is -2.35. The molecular weight excluding hydrogens is 244 g/mol. The maximum Gasteiger partial charge on any atom is 0.0620 e. The van der Waals surface area contributed by atoms with E-state index in [1.807, 2.05) is 11.3 Å². The first-order chi connectivity index (χ1) is 8.83. The lowest BCUT2D eigenvalue weighted by atomic mass is 10.0. The van der Waals surface area contributed by atoms with E-state index in [2.05, 4.69) is 28.6 Å². The molecule has 3 rings (SSSR count). The Hall–Kier alpha value is -0.420. The summed E-state index contributed by atoms with van der Waals surface area (Å²) in [6, 6.07) is 3.47. The summed E-state index contributed by atoms with van der Waals surface area (Å²) in [4.78, 5) is 4.21. The highest BCUT2D eigenvalue weighted by Gasteiger charge is 2.24. The van der Waals surface area contributed by atoms with Gasteiger partial charge >= 0.3 is 0 Å². The number of hydrogen-bond donors (Lipinski definition) is 1. The van der Waals surface area contributed by atoms with E-state index in [1.54, 1.807) is 10.4 Å². The van der Waals surface area contributed by atoms with Gasteiger partial charge in [-0.3, -0.25) is 4.90 Å². The maximum atomic E-state index is 5.53. The van der Waals surface area contributed by atoms with Crippen molar-refractivity contribution in [2.75, 3.05) is 26.3 Å². The molecule has 1 saturated heterocycles. The molecule has 0 saturated carbocycles. The minimum absolute atomic E-state index is 0.539. The van der Waals surface area contributed by atoms with E-state index in [-0.39, 0.29) is 0 Å². The maximum absolute atomic E-state index is 5.53. The Kier molecular flexibility index (Phi) is 3.99. The summed E-state index contributed by atoms with van der Waals surface area (Å²) in [6.07, 6.45) is 2.42. The van der Waals surface area contributed by atoms with Gasteiger partial charge in [-0.25, -0.2) is 0 Å². The van der Waals surface area contributed by atoms with Crippen molar-refractivity contribution in [3.05, 3.63) is 21.9 Å². The summed E-state index contributed by atoms with van der Waals surface area (Å²) in [5.41, 5.74) is 1.55. The summed E-state index contributed by atoms with van der Waals surface area (Å²) in [5.74, 6) is 0. The van der Waals surface area contributed by atoms with Gasteiger partial charge in [0.15, 0.2) is 0 Å². The van der Waals surface area contributed by atoms with Gasteiger partial charge in [-0.2, -0.15) is 0 Å². The zero-order valence-electron chi connectivity index (χ0n) is 11.0. The molecule has 100 valence electrons. The number of nitrogens with zero attached hydrogens (tertiary/aromatic N) is 1. The quantitative estimate of drug-likeness (QED) is 0.904. The molecule has 0 amide bonds. The van der Waals surface area contributed by atoms with Crippen molar-refractivity contribution < 1.29 is 4.74 Å². The Balaban J connectivity index is 1.55. The first-order valence-corrected chi connectivity index (χ1v) is 7.81. The van der Waals surface area contributed by atoms with Crippen LogP contribution in [-0.4, -0.2) is 43.3 Å². The molecule has 3 nitrogen and oxygen atoms in total. The molecule has 18 heavy (non-hydrogen) atoms. The van der Waals surface area contributed by atoms with Crippen molar-refractivity contribution in [3.8, 4) is 0 Å². The van der Waals surface area contributed by atoms with Crippen LogP contribution in [0.3, 0.4) is 0 Å². The van der Waals surface area contributed by atoms with E-state index in [4.69, 9.17) is 4.74 Å².